The van der Waals surface area contributed by atoms with Crippen LogP contribution in [0.1, 0.15) is 24.8 Å². The van der Waals surface area contributed by atoms with Gasteiger partial charge in [-0.1, -0.05) is 18.2 Å². The lowest BCUT2D eigenvalue weighted by Crippen LogP contribution is -2.43. The van der Waals surface area contributed by atoms with Gasteiger partial charge in [0.25, 0.3) is 0 Å². The molecule has 1 unspecified atom stereocenters. The maximum atomic E-state index is 13.1. The molecule has 1 amide bonds. The maximum Gasteiger partial charge on any atom is 0.222 e. The van der Waals surface area contributed by atoms with Crippen LogP contribution in [0.15, 0.2) is 48.5 Å². The van der Waals surface area contributed by atoms with Gasteiger partial charge >= 0.3 is 0 Å². The average Bonchev–Trinajstić information content (AvgIpc) is 3.51. The van der Waals surface area contributed by atoms with Gasteiger partial charge in [0.1, 0.15) is 5.75 Å². The Kier molecular flexibility index (Phi) is 6.14. The molecule has 1 atom stereocenters. The van der Waals surface area contributed by atoms with Crippen LogP contribution < -0.4 is 4.74 Å². The van der Waals surface area contributed by atoms with Gasteiger partial charge in [0.2, 0.25) is 5.91 Å². The van der Waals surface area contributed by atoms with Gasteiger partial charge < -0.3 is 24.1 Å². The first-order chi connectivity index (χ1) is 15.7. The molecule has 0 radical (unpaired) electrons. The minimum absolute atomic E-state index is 0.152. The fraction of sp³-hybridized carbons (Fsp3) is 0.423. The first kappa shape index (κ1) is 21.0. The molecule has 2 fully saturated rings. The quantitative estimate of drug-likeness (QED) is 0.625. The molecule has 2 saturated heterocycles. The van der Waals surface area contributed by atoms with E-state index in [-0.39, 0.29) is 18.1 Å². The van der Waals surface area contributed by atoms with Crippen molar-refractivity contribution in [1.82, 2.24) is 9.88 Å². The zero-order chi connectivity index (χ0) is 21.9. The molecule has 0 bridgehead atoms. The molecule has 3 aromatic rings. The summed E-state index contributed by atoms with van der Waals surface area (Å²) in [5.74, 6) is 1.31. The largest absolute Gasteiger partial charge is 0.497 e. The highest BCUT2D eigenvalue weighted by Crippen LogP contribution is 2.33. The van der Waals surface area contributed by atoms with Gasteiger partial charge in [0.05, 0.1) is 20.3 Å². The highest BCUT2D eigenvalue weighted by Gasteiger charge is 2.32. The number of carbonyl (C=O) groups excluding carboxylic acids is 1. The zero-order valence-corrected chi connectivity index (χ0v) is 18.5. The number of fused-ring (bicyclic) bond motifs is 1. The van der Waals surface area contributed by atoms with Crippen molar-refractivity contribution in [2.24, 2.45) is 5.92 Å². The van der Waals surface area contributed by atoms with Crippen LogP contribution in [0.3, 0.4) is 0 Å². The van der Waals surface area contributed by atoms with E-state index in [0.29, 0.717) is 26.1 Å². The van der Waals surface area contributed by atoms with Crippen LogP contribution in [0, 0.1) is 5.92 Å². The van der Waals surface area contributed by atoms with Gasteiger partial charge in [-0.3, -0.25) is 4.79 Å². The number of aryl methyl sites for hydroxylation is 1. The molecule has 0 saturated carbocycles. The van der Waals surface area contributed by atoms with Gasteiger partial charge in [0.15, 0.2) is 6.29 Å². The van der Waals surface area contributed by atoms with E-state index in [2.05, 4.69) is 35.3 Å². The third-order valence-corrected chi connectivity index (χ3v) is 6.62. The molecule has 1 aromatic heterocycles. The highest BCUT2D eigenvalue weighted by atomic mass is 16.7. The van der Waals surface area contributed by atoms with Crippen LogP contribution in [0.5, 0.6) is 5.75 Å². The smallest absolute Gasteiger partial charge is 0.222 e. The van der Waals surface area contributed by atoms with Crippen LogP contribution >= 0.6 is 0 Å². The molecule has 32 heavy (non-hydrogen) atoms. The van der Waals surface area contributed by atoms with E-state index in [0.717, 1.165) is 48.5 Å². The number of piperidine rings is 1. The summed E-state index contributed by atoms with van der Waals surface area (Å²) in [6.45, 7) is 2.86. The number of H-pyrrole nitrogens is 1. The van der Waals surface area contributed by atoms with Gasteiger partial charge in [-0.05, 0) is 60.7 Å². The molecule has 3 heterocycles. The number of hydrogen-bond acceptors (Lipinski definition) is 4. The fourth-order valence-corrected chi connectivity index (χ4v) is 4.96. The van der Waals surface area contributed by atoms with Gasteiger partial charge in [0, 0.05) is 42.0 Å². The number of amides is 1. The number of ether oxygens (including phenoxy) is 3. The minimum atomic E-state index is -0.152. The van der Waals surface area contributed by atoms with Crippen molar-refractivity contribution in [3.63, 3.8) is 0 Å². The third kappa shape index (κ3) is 4.25. The Morgan fingerprint density at radius 1 is 1.12 bits per heavy atom. The van der Waals surface area contributed by atoms with E-state index < -0.39 is 0 Å². The topological polar surface area (TPSA) is 63.8 Å². The van der Waals surface area contributed by atoms with Crippen molar-refractivity contribution in [2.45, 2.75) is 32.0 Å². The van der Waals surface area contributed by atoms with E-state index in [9.17, 15) is 4.79 Å². The number of nitrogens with one attached hydrogen (secondary N) is 1. The highest BCUT2D eigenvalue weighted by molar-refractivity contribution is 5.91. The van der Waals surface area contributed by atoms with Crippen molar-refractivity contribution in [3.05, 3.63) is 54.1 Å². The van der Waals surface area contributed by atoms with Crippen molar-refractivity contribution in [2.75, 3.05) is 33.4 Å². The van der Waals surface area contributed by atoms with E-state index in [4.69, 9.17) is 14.2 Å². The molecular formula is C26H30N2O4. The Bertz CT molecular complexity index is 1070. The summed E-state index contributed by atoms with van der Waals surface area (Å²) in [6.07, 6.45) is 3.09. The lowest BCUT2D eigenvalue weighted by molar-refractivity contribution is -0.139. The number of rotatable bonds is 6. The molecule has 6 heteroatoms. The molecular weight excluding hydrogens is 404 g/mol. The summed E-state index contributed by atoms with van der Waals surface area (Å²) >= 11 is 0. The van der Waals surface area contributed by atoms with Crippen LogP contribution in [0.25, 0.3) is 22.2 Å². The van der Waals surface area contributed by atoms with E-state index in [1.807, 2.05) is 23.1 Å². The van der Waals surface area contributed by atoms with Crippen molar-refractivity contribution >= 4 is 16.8 Å². The van der Waals surface area contributed by atoms with E-state index in [1.54, 1.807) is 7.11 Å². The first-order valence-corrected chi connectivity index (χ1v) is 11.5. The van der Waals surface area contributed by atoms with Crippen molar-refractivity contribution in [3.8, 4) is 17.0 Å². The van der Waals surface area contributed by atoms with Crippen LogP contribution in [-0.4, -0.2) is 55.5 Å². The lowest BCUT2D eigenvalue weighted by atomic mass is 9.96. The molecule has 1 N–H and O–H groups in total. The monoisotopic (exact) mass is 434 g/mol. The van der Waals surface area contributed by atoms with Crippen molar-refractivity contribution in [1.29, 1.82) is 0 Å². The first-order valence-electron chi connectivity index (χ1n) is 11.5. The zero-order valence-electron chi connectivity index (χ0n) is 18.5. The SMILES string of the molecule is COc1ccc(-c2[nH]c3ccccc3c2CCC(=O)N2CCCC(C3OCCO3)C2)cc1. The number of benzene rings is 2. The Labute approximate surface area is 188 Å². The predicted molar refractivity (Wildman–Crippen MR) is 124 cm³/mol. The number of likely N-dealkylation sites (tertiary alicyclic amines) is 1. The Morgan fingerprint density at radius 2 is 1.91 bits per heavy atom. The lowest BCUT2D eigenvalue weighted by Gasteiger charge is -2.34. The standard InChI is InChI=1S/C26H30N2O4/c1-30-20-10-8-18(9-11-20)25-22(21-6-2-3-7-23(21)27-25)12-13-24(29)28-14-4-5-19(17-28)26-31-15-16-32-26/h2-3,6-11,19,26-27H,4-5,12-17H2,1H3. The summed E-state index contributed by atoms with van der Waals surface area (Å²) in [6, 6.07) is 16.4. The number of carbonyl (C=O) groups is 1. The van der Waals surface area contributed by atoms with Crippen LogP contribution in [0.2, 0.25) is 0 Å². The summed E-state index contributed by atoms with van der Waals surface area (Å²) in [5.41, 5.74) is 4.45. The summed E-state index contributed by atoms with van der Waals surface area (Å²) < 4.78 is 16.7. The average molecular weight is 435 g/mol. The summed E-state index contributed by atoms with van der Waals surface area (Å²) in [4.78, 5) is 18.7. The maximum absolute atomic E-state index is 13.1. The van der Waals surface area contributed by atoms with Gasteiger partial charge in [-0.2, -0.15) is 0 Å². The van der Waals surface area contributed by atoms with Gasteiger partial charge in [-0.25, -0.2) is 0 Å². The van der Waals surface area contributed by atoms with Crippen LogP contribution in [0.4, 0.5) is 0 Å². The molecule has 2 aromatic carbocycles. The summed E-state index contributed by atoms with van der Waals surface area (Å²) in [5, 5.41) is 1.18. The number of aromatic amines is 1. The van der Waals surface area contributed by atoms with E-state index >= 15 is 0 Å². The second kappa shape index (κ2) is 9.35. The molecule has 0 spiro atoms. The minimum Gasteiger partial charge on any atom is -0.497 e. The molecule has 2 aliphatic heterocycles. The second-order valence-electron chi connectivity index (χ2n) is 8.60. The van der Waals surface area contributed by atoms with E-state index in [1.165, 1.54) is 10.9 Å². The second-order valence-corrected chi connectivity index (χ2v) is 8.60. The molecule has 168 valence electrons. The Hall–Kier alpha value is -2.83. The van der Waals surface area contributed by atoms with Gasteiger partial charge in [-0.15, -0.1) is 0 Å². The van der Waals surface area contributed by atoms with Crippen LogP contribution in [-0.2, 0) is 20.7 Å². The number of methoxy groups -OCH3 is 1. The molecule has 0 aliphatic carbocycles. The molecule has 5 rings (SSSR count). The van der Waals surface area contributed by atoms with Crippen molar-refractivity contribution < 1.29 is 19.0 Å². The number of aromatic nitrogens is 1. The molecule has 2 aliphatic rings. The third-order valence-electron chi connectivity index (χ3n) is 6.62. The number of nitrogens with zero attached hydrogens (tertiary/aromatic N) is 1. The molecule has 6 nitrogen and oxygen atoms in total. The normalized spacial score (nSPS) is 19.5. The Morgan fingerprint density at radius 3 is 2.69 bits per heavy atom. The number of para-hydroxylation sites is 1. The summed E-state index contributed by atoms with van der Waals surface area (Å²) in [7, 11) is 1.67. The Balaban J connectivity index is 1.33. The predicted octanol–water partition coefficient (Wildman–Crippen LogP) is 4.39. The number of hydrogen-bond donors (Lipinski definition) is 1. The fourth-order valence-electron chi connectivity index (χ4n) is 4.96.